The smallest absolute Gasteiger partial charge is 0.372 e. The van der Waals surface area contributed by atoms with Gasteiger partial charge < -0.3 is 15.5 Å². The van der Waals surface area contributed by atoms with Gasteiger partial charge in [-0.05, 0) is 25.5 Å². The number of benzene rings is 1. The summed E-state index contributed by atoms with van der Waals surface area (Å²) in [4.78, 5) is 9.97. The average Bonchev–Trinajstić information content (AvgIpc) is 3.14. The highest BCUT2D eigenvalue weighted by Gasteiger charge is 2.33. The Morgan fingerprint density at radius 3 is 2.56 bits per heavy atom. The predicted octanol–water partition coefficient (Wildman–Crippen LogP) is 3.74. The number of hydrogen-bond donors (Lipinski definition) is 2. The number of alkyl halides is 3. The Balaban J connectivity index is 1.73. The van der Waals surface area contributed by atoms with E-state index in [-0.39, 0.29) is 6.54 Å². The summed E-state index contributed by atoms with van der Waals surface area (Å²) in [6.45, 7) is 4.83. The summed E-state index contributed by atoms with van der Waals surface area (Å²) in [6, 6.07) is 10.2. The Hall–Kier alpha value is -2.29. The number of rotatable bonds is 8. The van der Waals surface area contributed by atoms with Crippen molar-refractivity contribution in [2.75, 3.05) is 31.6 Å². The van der Waals surface area contributed by atoms with Gasteiger partial charge in [0.25, 0.3) is 0 Å². The fraction of sp³-hybridized carbons (Fsp3) is 0.444. The molecule has 0 aliphatic heterocycles. The number of thiazole rings is 1. The van der Waals surface area contributed by atoms with Crippen molar-refractivity contribution in [3.63, 3.8) is 0 Å². The molecular weight excluding hydrogens is 375 g/mol. The molecule has 0 unspecified atom stereocenters. The number of hydrogen-bond acceptors (Lipinski definition) is 4. The summed E-state index contributed by atoms with van der Waals surface area (Å²) < 4.78 is 37.7. The third kappa shape index (κ3) is 6.74. The summed E-state index contributed by atoms with van der Waals surface area (Å²) in [5.41, 5.74) is 0.333. The molecule has 0 bridgehead atoms. The summed E-state index contributed by atoms with van der Waals surface area (Å²) in [7, 11) is 1.63. The van der Waals surface area contributed by atoms with Gasteiger partial charge in [0.2, 0.25) is 0 Å². The van der Waals surface area contributed by atoms with Crippen molar-refractivity contribution in [1.29, 1.82) is 0 Å². The van der Waals surface area contributed by atoms with Crippen LogP contribution >= 0.6 is 11.3 Å². The molecule has 0 radical (unpaired) electrons. The first-order chi connectivity index (χ1) is 12.9. The second-order valence-corrected chi connectivity index (χ2v) is 6.69. The number of nitrogens with one attached hydrogen (secondary N) is 2. The van der Waals surface area contributed by atoms with E-state index in [9.17, 15) is 13.2 Å². The number of guanidine groups is 1. The van der Waals surface area contributed by atoms with Crippen molar-refractivity contribution in [1.82, 2.24) is 15.6 Å². The van der Waals surface area contributed by atoms with E-state index in [0.717, 1.165) is 36.2 Å². The normalized spacial score (nSPS) is 12.1. The lowest BCUT2D eigenvalue weighted by atomic mass is 10.2. The van der Waals surface area contributed by atoms with Crippen molar-refractivity contribution in [2.24, 2.45) is 4.99 Å². The van der Waals surface area contributed by atoms with Crippen LogP contribution in [0.5, 0.6) is 0 Å². The van der Waals surface area contributed by atoms with Crippen LogP contribution in [-0.2, 0) is 12.7 Å². The minimum absolute atomic E-state index is 0.200. The van der Waals surface area contributed by atoms with E-state index in [2.05, 4.69) is 44.6 Å². The van der Waals surface area contributed by atoms with Crippen LogP contribution in [0, 0.1) is 0 Å². The fourth-order valence-corrected chi connectivity index (χ4v) is 3.23. The molecule has 0 saturated heterocycles. The fourth-order valence-electron chi connectivity index (χ4n) is 2.49. The molecule has 2 aromatic rings. The van der Waals surface area contributed by atoms with E-state index >= 15 is 0 Å². The van der Waals surface area contributed by atoms with Gasteiger partial charge in [0.15, 0.2) is 11.7 Å². The summed E-state index contributed by atoms with van der Waals surface area (Å²) in [5, 5.41) is 7.56. The lowest BCUT2D eigenvalue weighted by molar-refractivity contribution is -0.140. The van der Waals surface area contributed by atoms with Gasteiger partial charge in [-0.3, -0.25) is 4.99 Å². The molecule has 0 amide bonds. The maximum absolute atomic E-state index is 12.6. The van der Waals surface area contributed by atoms with Gasteiger partial charge in [-0.25, -0.2) is 4.98 Å². The van der Waals surface area contributed by atoms with E-state index in [4.69, 9.17) is 0 Å². The molecule has 0 saturated carbocycles. The molecule has 5 nitrogen and oxygen atoms in total. The van der Waals surface area contributed by atoms with Gasteiger partial charge in [0, 0.05) is 37.7 Å². The van der Waals surface area contributed by atoms with E-state index in [1.807, 2.05) is 18.2 Å². The van der Waals surface area contributed by atoms with Crippen LogP contribution in [0.3, 0.4) is 0 Å². The quantitative estimate of drug-likeness (QED) is 0.403. The maximum Gasteiger partial charge on any atom is 0.434 e. The van der Waals surface area contributed by atoms with Crippen LogP contribution < -0.4 is 15.5 Å². The molecule has 148 valence electrons. The SMILES string of the molecule is CCN(CCCNC(=NC)NCc1nc(C(F)(F)F)cs1)c1ccccc1. The topological polar surface area (TPSA) is 52.5 Å². The number of aliphatic imine (C=N–C) groups is 1. The van der Waals surface area contributed by atoms with Gasteiger partial charge >= 0.3 is 6.18 Å². The Morgan fingerprint density at radius 2 is 1.96 bits per heavy atom. The lowest BCUT2D eigenvalue weighted by Crippen LogP contribution is -2.38. The van der Waals surface area contributed by atoms with Crippen molar-refractivity contribution >= 4 is 23.0 Å². The molecule has 0 aliphatic rings. The zero-order chi connectivity index (χ0) is 19.7. The molecule has 0 atom stereocenters. The van der Waals surface area contributed by atoms with Gasteiger partial charge in [-0.1, -0.05) is 18.2 Å². The maximum atomic E-state index is 12.6. The first-order valence-electron chi connectivity index (χ1n) is 8.70. The third-order valence-electron chi connectivity index (χ3n) is 3.87. The summed E-state index contributed by atoms with van der Waals surface area (Å²) in [6.07, 6.45) is -3.50. The van der Waals surface area contributed by atoms with Gasteiger partial charge in [-0.2, -0.15) is 13.2 Å². The van der Waals surface area contributed by atoms with Gasteiger partial charge in [0.1, 0.15) is 5.01 Å². The van der Waals surface area contributed by atoms with E-state index in [1.165, 1.54) is 5.69 Å². The van der Waals surface area contributed by atoms with Crippen LogP contribution in [0.4, 0.5) is 18.9 Å². The van der Waals surface area contributed by atoms with Crippen molar-refractivity contribution < 1.29 is 13.2 Å². The zero-order valence-corrected chi connectivity index (χ0v) is 16.2. The Labute approximate surface area is 161 Å². The van der Waals surface area contributed by atoms with Crippen LogP contribution in [-0.4, -0.2) is 37.6 Å². The second kappa shape index (κ2) is 10.1. The van der Waals surface area contributed by atoms with Crippen LogP contribution in [0.2, 0.25) is 0 Å². The number of anilines is 1. The number of nitrogens with zero attached hydrogens (tertiary/aromatic N) is 3. The molecule has 27 heavy (non-hydrogen) atoms. The van der Waals surface area contributed by atoms with Crippen molar-refractivity contribution in [3.05, 3.63) is 46.4 Å². The van der Waals surface area contributed by atoms with E-state index in [0.29, 0.717) is 17.5 Å². The Morgan fingerprint density at radius 1 is 1.22 bits per heavy atom. The van der Waals surface area contributed by atoms with Crippen LogP contribution in [0.25, 0.3) is 0 Å². The Bertz CT molecular complexity index is 715. The molecule has 9 heteroatoms. The predicted molar refractivity (Wildman–Crippen MR) is 104 cm³/mol. The van der Waals surface area contributed by atoms with Crippen molar-refractivity contribution in [2.45, 2.75) is 26.1 Å². The van der Waals surface area contributed by atoms with Crippen molar-refractivity contribution in [3.8, 4) is 0 Å². The molecule has 2 rings (SSSR count). The van der Waals surface area contributed by atoms with Crippen LogP contribution in [0.1, 0.15) is 24.0 Å². The highest BCUT2D eigenvalue weighted by Crippen LogP contribution is 2.29. The zero-order valence-electron chi connectivity index (χ0n) is 15.4. The summed E-state index contributed by atoms with van der Waals surface area (Å²) >= 11 is 0.979. The lowest BCUT2D eigenvalue weighted by Gasteiger charge is -2.23. The highest BCUT2D eigenvalue weighted by atomic mass is 32.1. The third-order valence-corrected chi connectivity index (χ3v) is 4.72. The van der Waals surface area contributed by atoms with E-state index < -0.39 is 11.9 Å². The molecule has 1 aromatic carbocycles. The monoisotopic (exact) mass is 399 g/mol. The first-order valence-corrected chi connectivity index (χ1v) is 9.58. The van der Waals surface area contributed by atoms with Crippen LogP contribution in [0.15, 0.2) is 40.7 Å². The molecular formula is C18H24F3N5S. The molecule has 0 spiro atoms. The van der Waals surface area contributed by atoms with Gasteiger partial charge in [0.05, 0.1) is 6.54 Å². The van der Waals surface area contributed by atoms with Gasteiger partial charge in [-0.15, -0.1) is 11.3 Å². The minimum Gasteiger partial charge on any atom is -0.372 e. The molecule has 1 aromatic heterocycles. The standard InChI is InChI=1S/C18H24F3N5S/c1-3-26(14-8-5-4-6-9-14)11-7-10-23-17(22-2)24-12-16-25-15(13-27-16)18(19,20)21/h4-6,8-9,13H,3,7,10-12H2,1-2H3,(H2,22,23,24). The molecule has 1 heterocycles. The Kier molecular flexibility index (Phi) is 7.90. The summed E-state index contributed by atoms with van der Waals surface area (Å²) in [5.74, 6) is 0.543. The minimum atomic E-state index is -4.40. The highest BCUT2D eigenvalue weighted by molar-refractivity contribution is 7.09. The number of para-hydroxylation sites is 1. The molecule has 0 aliphatic carbocycles. The second-order valence-electron chi connectivity index (χ2n) is 5.75. The average molecular weight is 399 g/mol. The molecule has 2 N–H and O–H groups in total. The molecule has 0 fully saturated rings. The van der Waals surface area contributed by atoms with E-state index in [1.54, 1.807) is 7.05 Å². The largest absolute Gasteiger partial charge is 0.434 e. The number of aromatic nitrogens is 1. The number of halogens is 3. The first kappa shape index (κ1) is 21.0.